The molecule has 0 spiro atoms. The summed E-state index contributed by atoms with van der Waals surface area (Å²) in [4.78, 5) is 16.4. The molecule has 0 bridgehead atoms. The molecule has 0 N–H and O–H groups in total. The normalized spacial score (nSPS) is 14.4. The van der Waals surface area contributed by atoms with Gasteiger partial charge in [0.25, 0.3) is 5.91 Å². The fourth-order valence-electron chi connectivity index (χ4n) is 2.76. The van der Waals surface area contributed by atoms with E-state index in [-0.39, 0.29) is 5.91 Å². The molecule has 2 aromatic rings. The first kappa shape index (κ1) is 12.7. The van der Waals surface area contributed by atoms with Gasteiger partial charge in [-0.3, -0.25) is 9.69 Å². The average molecular weight is 266 g/mol. The summed E-state index contributed by atoms with van der Waals surface area (Å²) in [5.41, 5.74) is 4.26. The molecule has 0 aliphatic carbocycles. The summed E-state index contributed by atoms with van der Waals surface area (Å²) in [5.74, 6) is 0.118. The second-order valence-electron chi connectivity index (χ2n) is 5.06. The molecule has 1 heterocycles. The maximum Gasteiger partial charge on any atom is 0.251 e. The third-order valence-electron chi connectivity index (χ3n) is 3.77. The highest BCUT2D eigenvalue weighted by Crippen LogP contribution is 2.38. The van der Waals surface area contributed by atoms with Crippen molar-refractivity contribution in [3.63, 3.8) is 0 Å². The van der Waals surface area contributed by atoms with Crippen LogP contribution in [0.2, 0.25) is 0 Å². The minimum atomic E-state index is 0.118. The second-order valence-corrected chi connectivity index (χ2v) is 5.06. The molecular weight excluding hydrogens is 248 g/mol. The van der Waals surface area contributed by atoms with Crippen molar-refractivity contribution in [3.8, 4) is 0 Å². The molecule has 1 aliphatic heterocycles. The van der Waals surface area contributed by atoms with Gasteiger partial charge >= 0.3 is 0 Å². The molecule has 0 saturated carbocycles. The highest BCUT2D eigenvalue weighted by atomic mass is 16.2. The van der Waals surface area contributed by atoms with Crippen LogP contribution in [-0.4, -0.2) is 19.5 Å². The van der Waals surface area contributed by atoms with Crippen molar-refractivity contribution >= 4 is 23.0 Å². The largest absolute Gasteiger partial charge is 0.364 e. The Morgan fingerprint density at radius 3 is 2.25 bits per heavy atom. The Hall–Kier alpha value is -2.29. The van der Waals surface area contributed by atoms with Crippen LogP contribution in [0.3, 0.4) is 0 Å². The zero-order valence-electron chi connectivity index (χ0n) is 11.8. The average Bonchev–Trinajstić information content (AvgIpc) is 2.48. The molecule has 2 aromatic carbocycles. The lowest BCUT2D eigenvalue weighted by atomic mass is 10.1. The molecule has 20 heavy (non-hydrogen) atoms. The highest BCUT2D eigenvalue weighted by molar-refractivity contribution is 6.08. The third-order valence-corrected chi connectivity index (χ3v) is 3.77. The van der Waals surface area contributed by atoms with Crippen molar-refractivity contribution in [3.05, 3.63) is 54.1 Å². The summed E-state index contributed by atoms with van der Waals surface area (Å²) >= 11 is 0. The van der Waals surface area contributed by atoms with Crippen LogP contribution >= 0.6 is 0 Å². The maximum atomic E-state index is 12.5. The van der Waals surface area contributed by atoms with Crippen LogP contribution in [0.4, 0.5) is 17.1 Å². The van der Waals surface area contributed by atoms with Gasteiger partial charge in [0.15, 0.2) is 0 Å². The van der Waals surface area contributed by atoms with E-state index >= 15 is 0 Å². The van der Waals surface area contributed by atoms with E-state index in [2.05, 4.69) is 19.1 Å². The summed E-state index contributed by atoms with van der Waals surface area (Å²) in [5, 5.41) is 0. The van der Waals surface area contributed by atoms with Crippen LogP contribution < -0.4 is 9.80 Å². The Labute approximate surface area is 119 Å². The minimum Gasteiger partial charge on any atom is -0.364 e. The van der Waals surface area contributed by atoms with Gasteiger partial charge in [0.05, 0.1) is 23.6 Å². The number of rotatable bonds is 2. The lowest BCUT2D eigenvalue weighted by Gasteiger charge is -2.36. The first-order chi connectivity index (χ1) is 9.72. The molecule has 0 aromatic heterocycles. The molecule has 0 saturated heterocycles. The van der Waals surface area contributed by atoms with Gasteiger partial charge in [-0.25, -0.2) is 0 Å². The molecule has 3 heteroatoms. The topological polar surface area (TPSA) is 23.6 Å². The standard InChI is InChI=1S/C17H18N2O/c1-3-13-8-4-5-9-14(13)19-16-11-7-6-10-15(16)18(2)12-17(19)20/h4-11H,3,12H2,1-2H3. The highest BCUT2D eigenvalue weighted by Gasteiger charge is 2.29. The number of para-hydroxylation sites is 3. The SMILES string of the molecule is CCc1ccccc1N1C(=O)CN(C)c2ccccc21. The van der Waals surface area contributed by atoms with Gasteiger partial charge in [-0.15, -0.1) is 0 Å². The molecule has 0 radical (unpaired) electrons. The first-order valence-corrected chi connectivity index (χ1v) is 6.93. The number of fused-ring (bicyclic) bond motifs is 1. The van der Waals surface area contributed by atoms with E-state index in [9.17, 15) is 4.79 Å². The number of amides is 1. The van der Waals surface area contributed by atoms with Crippen LogP contribution in [0.1, 0.15) is 12.5 Å². The van der Waals surface area contributed by atoms with Crippen LogP contribution in [-0.2, 0) is 11.2 Å². The van der Waals surface area contributed by atoms with Gasteiger partial charge in [-0.1, -0.05) is 37.3 Å². The maximum absolute atomic E-state index is 12.5. The lowest BCUT2D eigenvalue weighted by molar-refractivity contribution is -0.116. The predicted octanol–water partition coefficient (Wildman–Crippen LogP) is 3.36. The summed E-state index contributed by atoms with van der Waals surface area (Å²) < 4.78 is 0. The van der Waals surface area contributed by atoms with Gasteiger partial charge in [-0.05, 0) is 30.2 Å². The Bertz CT molecular complexity index is 651. The Morgan fingerprint density at radius 2 is 1.55 bits per heavy atom. The van der Waals surface area contributed by atoms with Crippen molar-refractivity contribution in [1.82, 2.24) is 0 Å². The van der Waals surface area contributed by atoms with Crippen molar-refractivity contribution < 1.29 is 4.79 Å². The lowest BCUT2D eigenvalue weighted by Crippen LogP contribution is -2.41. The van der Waals surface area contributed by atoms with E-state index < -0.39 is 0 Å². The van der Waals surface area contributed by atoms with Gasteiger partial charge < -0.3 is 4.90 Å². The van der Waals surface area contributed by atoms with Gasteiger partial charge in [0.2, 0.25) is 0 Å². The molecule has 0 atom stereocenters. The Balaban J connectivity index is 2.18. The molecule has 102 valence electrons. The zero-order valence-corrected chi connectivity index (χ0v) is 11.8. The number of anilines is 3. The van der Waals surface area contributed by atoms with Crippen LogP contribution in [0, 0.1) is 0 Å². The zero-order chi connectivity index (χ0) is 14.1. The number of benzene rings is 2. The monoisotopic (exact) mass is 266 g/mol. The van der Waals surface area contributed by atoms with Crippen molar-refractivity contribution in [2.45, 2.75) is 13.3 Å². The molecule has 0 unspecified atom stereocenters. The number of hydrogen-bond donors (Lipinski definition) is 0. The molecule has 3 nitrogen and oxygen atoms in total. The number of likely N-dealkylation sites (N-methyl/N-ethyl adjacent to an activating group) is 1. The summed E-state index contributed by atoms with van der Waals surface area (Å²) in [6, 6.07) is 16.2. The number of nitrogens with zero attached hydrogens (tertiary/aromatic N) is 2. The second kappa shape index (κ2) is 5.00. The number of carbonyl (C=O) groups is 1. The van der Waals surface area contributed by atoms with E-state index in [1.807, 2.05) is 53.2 Å². The Morgan fingerprint density at radius 1 is 0.950 bits per heavy atom. The fraction of sp³-hybridized carbons (Fsp3) is 0.235. The van der Waals surface area contributed by atoms with Gasteiger partial charge in [0.1, 0.15) is 0 Å². The van der Waals surface area contributed by atoms with E-state index in [0.717, 1.165) is 23.5 Å². The van der Waals surface area contributed by atoms with Crippen LogP contribution in [0.15, 0.2) is 48.5 Å². The minimum absolute atomic E-state index is 0.118. The van der Waals surface area contributed by atoms with Gasteiger partial charge in [0, 0.05) is 7.05 Å². The molecule has 3 rings (SSSR count). The van der Waals surface area contributed by atoms with E-state index in [1.165, 1.54) is 5.56 Å². The van der Waals surface area contributed by atoms with Crippen LogP contribution in [0.5, 0.6) is 0 Å². The predicted molar refractivity (Wildman–Crippen MR) is 82.7 cm³/mol. The number of aryl methyl sites for hydroxylation is 1. The molecule has 1 aliphatic rings. The smallest absolute Gasteiger partial charge is 0.251 e. The fourth-order valence-corrected chi connectivity index (χ4v) is 2.76. The van der Waals surface area contributed by atoms with Crippen molar-refractivity contribution in [2.24, 2.45) is 0 Å². The first-order valence-electron chi connectivity index (χ1n) is 6.93. The van der Waals surface area contributed by atoms with Crippen molar-refractivity contribution in [1.29, 1.82) is 0 Å². The van der Waals surface area contributed by atoms with Crippen molar-refractivity contribution in [2.75, 3.05) is 23.4 Å². The molecule has 0 fully saturated rings. The van der Waals surface area contributed by atoms with E-state index in [4.69, 9.17) is 0 Å². The van der Waals surface area contributed by atoms with Gasteiger partial charge in [-0.2, -0.15) is 0 Å². The van der Waals surface area contributed by atoms with E-state index in [0.29, 0.717) is 6.54 Å². The van der Waals surface area contributed by atoms with E-state index in [1.54, 1.807) is 0 Å². The molecular formula is C17H18N2O. The summed E-state index contributed by atoms with van der Waals surface area (Å²) in [7, 11) is 1.96. The number of hydrogen-bond acceptors (Lipinski definition) is 2. The Kier molecular flexibility index (Phi) is 3.18. The summed E-state index contributed by atoms with van der Waals surface area (Å²) in [6.07, 6.45) is 0.915. The third kappa shape index (κ3) is 1.95. The number of carbonyl (C=O) groups excluding carboxylic acids is 1. The summed E-state index contributed by atoms with van der Waals surface area (Å²) in [6.45, 7) is 2.53. The van der Waals surface area contributed by atoms with Crippen LogP contribution in [0.25, 0.3) is 0 Å². The quantitative estimate of drug-likeness (QED) is 0.832. The molecule has 1 amide bonds.